The Labute approximate surface area is 69.9 Å². The molecule has 0 aromatic heterocycles. The summed E-state index contributed by atoms with van der Waals surface area (Å²) in [5.41, 5.74) is -1.43. The Kier molecular flexibility index (Phi) is 4.34. The van der Waals surface area contributed by atoms with Gasteiger partial charge in [-0.25, -0.2) is 0 Å². The smallest absolute Gasteiger partial charge is 0.385 e. The van der Waals surface area contributed by atoms with Crippen LogP contribution in [0.3, 0.4) is 0 Å². The molecule has 0 aliphatic carbocycles. The van der Waals surface area contributed by atoms with E-state index >= 15 is 0 Å². The van der Waals surface area contributed by atoms with E-state index < -0.39 is 19.2 Å². The molecule has 3 N–H and O–H groups in total. The number of hydrogen-bond acceptors (Lipinski definition) is 3. The van der Waals surface area contributed by atoms with Crippen LogP contribution in [0.4, 0.5) is 0 Å². The first-order chi connectivity index (χ1) is 5.39. The van der Waals surface area contributed by atoms with E-state index in [1.807, 2.05) is 0 Å². The van der Waals surface area contributed by atoms with Gasteiger partial charge in [-0.2, -0.15) is 0 Å². The van der Waals surface area contributed by atoms with Crippen molar-refractivity contribution < 1.29 is 24.3 Å². The molecular weight excluding hydrogens is 183 g/mol. The fourth-order valence-electron chi connectivity index (χ4n) is 0.593. The minimum Gasteiger partial charge on any atom is -0.385 e. The van der Waals surface area contributed by atoms with Crippen molar-refractivity contribution >= 4 is 13.1 Å². The van der Waals surface area contributed by atoms with Gasteiger partial charge in [0.25, 0.3) is 5.52 Å². The van der Waals surface area contributed by atoms with Crippen LogP contribution in [0.2, 0.25) is 0 Å². The Bertz CT molecular complexity index is 218. The van der Waals surface area contributed by atoms with Gasteiger partial charge in [0.1, 0.15) is 6.10 Å². The molecule has 1 atom stereocenters. The summed E-state index contributed by atoms with van der Waals surface area (Å²) < 4.78 is 10.3. The summed E-state index contributed by atoms with van der Waals surface area (Å²) in [6.07, 6.45) is 0.195. The molecule has 0 aromatic carbocycles. The van der Waals surface area contributed by atoms with Crippen LogP contribution in [-0.2, 0) is 9.36 Å². The van der Waals surface area contributed by atoms with Gasteiger partial charge >= 0.3 is 7.60 Å². The third-order valence-electron chi connectivity index (χ3n) is 1.22. The Morgan fingerprint density at radius 3 is 2.42 bits per heavy atom. The molecule has 70 valence electrons. The lowest BCUT2D eigenvalue weighted by molar-refractivity contribution is -0.121. The van der Waals surface area contributed by atoms with Crippen molar-refractivity contribution in [3.05, 3.63) is 12.7 Å². The molecule has 12 heavy (non-hydrogen) atoms. The average molecular weight is 194 g/mol. The normalized spacial score (nSPS) is 13.9. The fraction of sp³-hybridized carbons (Fsp3) is 0.500. The van der Waals surface area contributed by atoms with Crippen molar-refractivity contribution in [3.63, 3.8) is 0 Å². The zero-order valence-corrected chi connectivity index (χ0v) is 7.28. The van der Waals surface area contributed by atoms with Crippen LogP contribution in [0.15, 0.2) is 12.7 Å². The molecular formula is C6H11O5P. The second-order valence-corrected chi connectivity index (χ2v) is 3.79. The van der Waals surface area contributed by atoms with Gasteiger partial charge in [0, 0.05) is 0 Å². The molecule has 0 aromatic rings. The minimum atomic E-state index is -4.78. The van der Waals surface area contributed by atoms with Crippen molar-refractivity contribution in [2.45, 2.75) is 18.9 Å². The van der Waals surface area contributed by atoms with Gasteiger partial charge in [-0.1, -0.05) is 6.08 Å². The molecule has 0 radical (unpaired) electrons. The maximum Gasteiger partial charge on any atom is 0.394 e. The van der Waals surface area contributed by atoms with Gasteiger partial charge in [-0.15, -0.1) is 6.58 Å². The molecule has 0 aliphatic rings. The summed E-state index contributed by atoms with van der Waals surface area (Å²) >= 11 is 0. The van der Waals surface area contributed by atoms with Crippen LogP contribution in [0.25, 0.3) is 0 Å². The average Bonchev–Trinajstić information content (AvgIpc) is 1.97. The number of carbonyl (C=O) groups excluding carboxylic acids is 1. The van der Waals surface area contributed by atoms with Crippen molar-refractivity contribution in [3.8, 4) is 0 Å². The lowest BCUT2D eigenvalue weighted by atomic mass is 10.2. The molecule has 0 heterocycles. The number of aliphatic hydroxyl groups is 1. The van der Waals surface area contributed by atoms with Crippen LogP contribution in [-0.4, -0.2) is 26.5 Å². The zero-order chi connectivity index (χ0) is 9.78. The Morgan fingerprint density at radius 1 is 1.58 bits per heavy atom. The van der Waals surface area contributed by atoms with Crippen molar-refractivity contribution in [1.82, 2.24) is 0 Å². The monoisotopic (exact) mass is 194 g/mol. The minimum absolute atomic E-state index is 0.00650. The quantitative estimate of drug-likeness (QED) is 0.423. The van der Waals surface area contributed by atoms with E-state index in [1.165, 1.54) is 6.08 Å². The summed E-state index contributed by atoms with van der Waals surface area (Å²) in [6.45, 7) is 3.34. The highest BCUT2D eigenvalue weighted by atomic mass is 31.2. The number of rotatable bonds is 5. The van der Waals surface area contributed by atoms with Gasteiger partial charge in [0.15, 0.2) is 0 Å². The first kappa shape index (κ1) is 11.5. The van der Waals surface area contributed by atoms with E-state index in [0.29, 0.717) is 6.42 Å². The molecule has 6 heteroatoms. The Balaban J connectivity index is 4.11. The van der Waals surface area contributed by atoms with Crippen LogP contribution in [0, 0.1) is 0 Å². The molecule has 1 unspecified atom stereocenters. The van der Waals surface area contributed by atoms with E-state index in [9.17, 15) is 9.36 Å². The van der Waals surface area contributed by atoms with Gasteiger partial charge in [-0.3, -0.25) is 9.36 Å². The Hall–Kier alpha value is -0.480. The molecule has 0 fully saturated rings. The molecule has 0 aliphatic heterocycles. The number of carbonyl (C=O) groups is 1. The van der Waals surface area contributed by atoms with Gasteiger partial charge in [-0.05, 0) is 12.8 Å². The maximum atomic E-state index is 10.6. The second kappa shape index (κ2) is 4.52. The molecule has 0 spiro atoms. The van der Waals surface area contributed by atoms with Crippen LogP contribution < -0.4 is 0 Å². The van der Waals surface area contributed by atoms with Crippen LogP contribution >= 0.6 is 7.60 Å². The van der Waals surface area contributed by atoms with Gasteiger partial charge in [0.05, 0.1) is 0 Å². The number of hydrogen-bond donors (Lipinski definition) is 3. The first-order valence-electron chi connectivity index (χ1n) is 3.28. The molecule has 0 rings (SSSR count). The molecule has 0 bridgehead atoms. The standard InChI is InChI=1S/C6H11O5P/c1-2-3-4-5(7)6(8)12(9,10)11/h2,5,7H,1,3-4H2,(H2,9,10,11). The summed E-state index contributed by atoms with van der Waals surface area (Å²) in [5.74, 6) is 0. The largest absolute Gasteiger partial charge is 0.394 e. The van der Waals surface area contributed by atoms with E-state index in [-0.39, 0.29) is 6.42 Å². The highest BCUT2D eigenvalue weighted by Crippen LogP contribution is 2.37. The summed E-state index contributed by atoms with van der Waals surface area (Å²) in [4.78, 5) is 27.3. The zero-order valence-electron chi connectivity index (χ0n) is 6.38. The molecule has 0 amide bonds. The lowest BCUT2D eigenvalue weighted by Crippen LogP contribution is -2.19. The topological polar surface area (TPSA) is 94.8 Å². The van der Waals surface area contributed by atoms with Gasteiger partial charge < -0.3 is 14.9 Å². The fourth-order valence-corrected chi connectivity index (χ4v) is 1.11. The predicted molar refractivity (Wildman–Crippen MR) is 42.5 cm³/mol. The van der Waals surface area contributed by atoms with E-state index in [0.717, 1.165) is 0 Å². The maximum absolute atomic E-state index is 10.6. The van der Waals surface area contributed by atoms with Crippen molar-refractivity contribution in [2.75, 3.05) is 0 Å². The highest BCUT2D eigenvalue weighted by Gasteiger charge is 2.31. The number of aliphatic hydroxyl groups excluding tert-OH is 1. The summed E-state index contributed by atoms with van der Waals surface area (Å²) in [6, 6.07) is 0. The van der Waals surface area contributed by atoms with E-state index in [1.54, 1.807) is 0 Å². The van der Waals surface area contributed by atoms with E-state index in [4.69, 9.17) is 14.9 Å². The number of allylic oxidation sites excluding steroid dienone is 1. The molecule has 0 saturated carbocycles. The summed E-state index contributed by atoms with van der Waals surface area (Å²) in [5, 5.41) is 8.89. The SMILES string of the molecule is C=CCCC(O)C(=O)P(=O)(O)O. The highest BCUT2D eigenvalue weighted by molar-refractivity contribution is 7.70. The van der Waals surface area contributed by atoms with Crippen molar-refractivity contribution in [2.24, 2.45) is 0 Å². The first-order valence-corrected chi connectivity index (χ1v) is 4.89. The van der Waals surface area contributed by atoms with Crippen LogP contribution in [0.5, 0.6) is 0 Å². The molecule has 5 nitrogen and oxygen atoms in total. The predicted octanol–water partition coefficient (Wildman–Crippen LogP) is 0.0178. The van der Waals surface area contributed by atoms with Gasteiger partial charge in [0.2, 0.25) is 0 Å². The third kappa shape index (κ3) is 3.78. The summed E-state index contributed by atoms with van der Waals surface area (Å²) in [7, 11) is -4.78. The van der Waals surface area contributed by atoms with Crippen molar-refractivity contribution in [1.29, 1.82) is 0 Å². The third-order valence-corrected chi connectivity index (χ3v) is 2.09. The Morgan fingerprint density at radius 2 is 2.08 bits per heavy atom. The van der Waals surface area contributed by atoms with Crippen LogP contribution in [0.1, 0.15) is 12.8 Å². The lowest BCUT2D eigenvalue weighted by Gasteiger charge is -2.08. The van der Waals surface area contributed by atoms with E-state index in [2.05, 4.69) is 6.58 Å². The second-order valence-electron chi connectivity index (χ2n) is 2.26. The molecule has 0 saturated heterocycles.